The molecule has 0 saturated heterocycles. The Hall–Kier alpha value is -2.18. The van der Waals surface area contributed by atoms with Crippen LogP contribution in [-0.2, 0) is 19.4 Å². The number of benzene rings is 1. The maximum Gasteiger partial charge on any atom is 0.270 e. The first-order chi connectivity index (χ1) is 11.5. The maximum absolute atomic E-state index is 12.0. The van der Waals surface area contributed by atoms with E-state index in [-0.39, 0.29) is 17.3 Å². The van der Waals surface area contributed by atoms with E-state index in [9.17, 15) is 4.79 Å². The highest BCUT2D eigenvalue weighted by atomic mass is 35.5. The molecule has 0 radical (unpaired) electrons. The smallest absolute Gasteiger partial charge is 0.270 e. The van der Waals surface area contributed by atoms with Crippen molar-refractivity contribution in [3.05, 3.63) is 73.7 Å². The quantitative estimate of drug-likeness (QED) is 0.695. The van der Waals surface area contributed by atoms with Crippen LogP contribution in [0, 0.1) is 6.92 Å². The average molecular weight is 365 g/mol. The Morgan fingerprint density at radius 2 is 1.92 bits per heavy atom. The van der Waals surface area contributed by atoms with E-state index in [1.54, 1.807) is 6.92 Å². The minimum Gasteiger partial charge on any atom is -0.337 e. The van der Waals surface area contributed by atoms with Crippen molar-refractivity contribution in [3.63, 3.8) is 0 Å². The van der Waals surface area contributed by atoms with Crippen LogP contribution in [0.5, 0.6) is 0 Å². The third kappa shape index (κ3) is 4.01. The van der Waals surface area contributed by atoms with Gasteiger partial charge in [-0.15, -0.1) is 0 Å². The largest absolute Gasteiger partial charge is 0.337 e. The Balaban J connectivity index is 1.67. The van der Waals surface area contributed by atoms with Gasteiger partial charge < -0.3 is 4.52 Å². The third-order valence-electron chi connectivity index (χ3n) is 3.47. The van der Waals surface area contributed by atoms with Gasteiger partial charge in [-0.05, 0) is 37.1 Å². The van der Waals surface area contributed by atoms with Crippen molar-refractivity contribution in [1.82, 2.24) is 19.9 Å². The fourth-order valence-corrected chi connectivity index (χ4v) is 2.61. The lowest BCUT2D eigenvalue weighted by atomic mass is 10.1. The molecular formula is C16H14Cl2N4O2. The molecule has 8 heteroatoms. The number of rotatable bonds is 5. The van der Waals surface area contributed by atoms with E-state index in [1.165, 1.54) is 10.7 Å². The molecule has 2 aromatic heterocycles. The van der Waals surface area contributed by atoms with Crippen molar-refractivity contribution in [2.45, 2.75) is 26.3 Å². The molecule has 0 aliphatic carbocycles. The molecule has 6 nitrogen and oxygen atoms in total. The van der Waals surface area contributed by atoms with Gasteiger partial charge in [-0.2, -0.15) is 10.1 Å². The van der Waals surface area contributed by atoms with Gasteiger partial charge in [0.05, 0.1) is 0 Å². The summed E-state index contributed by atoms with van der Waals surface area (Å²) in [4.78, 5) is 16.3. The van der Waals surface area contributed by atoms with Crippen LogP contribution in [-0.4, -0.2) is 19.9 Å². The summed E-state index contributed by atoms with van der Waals surface area (Å²) in [5.41, 5.74) is 1.41. The Morgan fingerprint density at radius 3 is 2.67 bits per heavy atom. The molecule has 0 N–H and O–H groups in total. The molecule has 0 amide bonds. The number of nitrogens with zero attached hydrogens (tertiary/aromatic N) is 4. The zero-order valence-electron chi connectivity index (χ0n) is 12.9. The Bertz CT molecular complexity index is 903. The Morgan fingerprint density at radius 1 is 1.17 bits per heavy atom. The first-order valence-corrected chi connectivity index (χ1v) is 8.07. The molecule has 0 saturated carbocycles. The van der Waals surface area contributed by atoms with Crippen LogP contribution in [0.15, 0.2) is 39.6 Å². The van der Waals surface area contributed by atoms with Crippen LogP contribution in [0.1, 0.15) is 22.8 Å². The van der Waals surface area contributed by atoms with Gasteiger partial charge in [-0.3, -0.25) is 4.79 Å². The van der Waals surface area contributed by atoms with Crippen molar-refractivity contribution >= 4 is 23.2 Å². The van der Waals surface area contributed by atoms with Gasteiger partial charge in [0.15, 0.2) is 5.82 Å². The molecule has 0 aliphatic heterocycles. The minimum absolute atomic E-state index is 0.0914. The van der Waals surface area contributed by atoms with E-state index < -0.39 is 0 Å². The summed E-state index contributed by atoms with van der Waals surface area (Å²) >= 11 is 11.7. The van der Waals surface area contributed by atoms with E-state index >= 15 is 0 Å². The summed E-state index contributed by atoms with van der Waals surface area (Å²) in [6.07, 6.45) is 1.40. The van der Waals surface area contributed by atoms with Gasteiger partial charge in [0.25, 0.3) is 5.56 Å². The minimum atomic E-state index is -0.236. The fourth-order valence-electron chi connectivity index (χ4n) is 2.23. The van der Waals surface area contributed by atoms with Crippen molar-refractivity contribution < 1.29 is 4.52 Å². The van der Waals surface area contributed by atoms with Gasteiger partial charge in [-0.1, -0.05) is 40.5 Å². The van der Waals surface area contributed by atoms with Crippen molar-refractivity contribution in [2.24, 2.45) is 0 Å². The molecule has 0 atom stereocenters. The first kappa shape index (κ1) is 16.7. The molecule has 3 rings (SSSR count). The average Bonchev–Trinajstić information content (AvgIpc) is 2.99. The second-order valence-electron chi connectivity index (χ2n) is 5.34. The number of hydrogen-bond donors (Lipinski definition) is 0. The monoisotopic (exact) mass is 364 g/mol. The van der Waals surface area contributed by atoms with E-state index in [0.717, 1.165) is 12.0 Å². The summed E-state index contributed by atoms with van der Waals surface area (Å²) in [5.74, 6) is 0.893. The Kier molecular flexibility index (Phi) is 4.97. The lowest BCUT2D eigenvalue weighted by Crippen LogP contribution is -2.25. The van der Waals surface area contributed by atoms with Crippen LogP contribution in [0.3, 0.4) is 0 Å². The summed E-state index contributed by atoms with van der Waals surface area (Å²) in [7, 11) is 0. The van der Waals surface area contributed by atoms with Gasteiger partial charge in [0, 0.05) is 17.0 Å². The van der Waals surface area contributed by atoms with Crippen LogP contribution in [0.2, 0.25) is 10.2 Å². The standard InChI is InChI=1S/C16H14Cl2N4O2/c1-10-8-13(18)20-22(16(10)23)9-15-19-14(21-24-15)7-4-11-2-5-12(17)6-3-11/h2-3,5-6,8H,4,7,9H2,1H3. The molecule has 1 aromatic carbocycles. The zero-order chi connectivity index (χ0) is 17.1. The van der Waals surface area contributed by atoms with Crippen LogP contribution in [0.25, 0.3) is 0 Å². The molecule has 0 unspecified atom stereocenters. The highest BCUT2D eigenvalue weighted by Crippen LogP contribution is 2.11. The molecular weight excluding hydrogens is 351 g/mol. The maximum atomic E-state index is 12.0. The highest BCUT2D eigenvalue weighted by molar-refractivity contribution is 6.30. The molecule has 0 aliphatic rings. The van der Waals surface area contributed by atoms with Gasteiger partial charge in [-0.25, -0.2) is 4.68 Å². The first-order valence-electron chi connectivity index (χ1n) is 7.31. The van der Waals surface area contributed by atoms with E-state index in [4.69, 9.17) is 27.7 Å². The second kappa shape index (κ2) is 7.15. The highest BCUT2D eigenvalue weighted by Gasteiger charge is 2.11. The summed E-state index contributed by atoms with van der Waals surface area (Å²) < 4.78 is 6.40. The summed E-state index contributed by atoms with van der Waals surface area (Å²) in [6, 6.07) is 9.13. The fraction of sp³-hybridized carbons (Fsp3) is 0.250. The predicted molar refractivity (Wildman–Crippen MR) is 90.5 cm³/mol. The van der Waals surface area contributed by atoms with Gasteiger partial charge >= 0.3 is 0 Å². The van der Waals surface area contributed by atoms with Crippen molar-refractivity contribution in [3.8, 4) is 0 Å². The molecule has 0 fully saturated rings. The topological polar surface area (TPSA) is 73.8 Å². The number of aryl methyl sites for hydroxylation is 3. The molecule has 24 heavy (non-hydrogen) atoms. The SMILES string of the molecule is Cc1cc(Cl)nn(Cc2nc(CCc3ccc(Cl)cc3)no2)c1=O. The van der Waals surface area contributed by atoms with E-state index in [2.05, 4.69) is 15.2 Å². The van der Waals surface area contributed by atoms with Crippen LogP contribution >= 0.6 is 23.2 Å². The van der Waals surface area contributed by atoms with Gasteiger partial charge in [0.1, 0.15) is 11.7 Å². The van der Waals surface area contributed by atoms with Crippen molar-refractivity contribution in [1.29, 1.82) is 0 Å². The lowest BCUT2D eigenvalue weighted by molar-refractivity contribution is 0.358. The van der Waals surface area contributed by atoms with E-state index in [0.29, 0.717) is 28.7 Å². The molecule has 0 spiro atoms. The van der Waals surface area contributed by atoms with Gasteiger partial charge in [0.2, 0.25) is 5.89 Å². The van der Waals surface area contributed by atoms with E-state index in [1.807, 2.05) is 24.3 Å². The molecule has 124 valence electrons. The summed E-state index contributed by atoms with van der Waals surface area (Å²) in [6.45, 7) is 1.77. The van der Waals surface area contributed by atoms with Crippen LogP contribution < -0.4 is 5.56 Å². The lowest BCUT2D eigenvalue weighted by Gasteiger charge is -2.02. The Labute approximate surface area is 148 Å². The third-order valence-corrected chi connectivity index (χ3v) is 3.91. The predicted octanol–water partition coefficient (Wildman–Crippen LogP) is 3.08. The molecule has 2 heterocycles. The normalized spacial score (nSPS) is 11.0. The molecule has 3 aromatic rings. The summed E-state index contributed by atoms with van der Waals surface area (Å²) in [5, 5.41) is 8.85. The number of aromatic nitrogens is 4. The number of halogens is 2. The number of hydrogen-bond acceptors (Lipinski definition) is 5. The zero-order valence-corrected chi connectivity index (χ0v) is 14.4. The van der Waals surface area contributed by atoms with Crippen LogP contribution in [0.4, 0.5) is 0 Å². The molecule has 0 bridgehead atoms. The second-order valence-corrected chi connectivity index (χ2v) is 6.17. The van der Waals surface area contributed by atoms with Crippen molar-refractivity contribution in [2.75, 3.05) is 0 Å².